The number of anilines is 1. The molecule has 1 aromatic rings. The zero-order valence-corrected chi connectivity index (χ0v) is 11.7. The highest BCUT2D eigenvalue weighted by atomic mass is 35.5. The maximum absolute atomic E-state index is 11.9. The van der Waals surface area contributed by atoms with E-state index in [1.165, 1.54) is 12.1 Å². The Morgan fingerprint density at radius 2 is 1.95 bits per heavy atom. The number of rotatable bonds is 3. The number of carbonyl (C=O) groups is 1. The van der Waals surface area contributed by atoms with E-state index in [1.54, 1.807) is 4.90 Å². The van der Waals surface area contributed by atoms with Crippen molar-refractivity contribution < 1.29 is 14.3 Å². The fourth-order valence-corrected chi connectivity index (χ4v) is 2.04. The van der Waals surface area contributed by atoms with Crippen LogP contribution in [0.25, 0.3) is 0 Å². The van der Waals surface area contributed by atoms with Crippen molar-refractivity contribution >= 4 is 34.8 Å². The first-order valence-corrected chi connectivity index (χ1v) is 6.56. The number of nitrogens with zero attached hydrogens (tertiary/aromatic N) is 1. The smallest absolute Gasteiger partial charge is 0.260 e. The van der Waals surface area contributed by atoms with Gasteiger partial charge in [-0.15, -0.1) is 0 Å². The number of morpholine rings is 1. The average Bonchev–Trinajstić information content (AvgIpc) is 2.42. The summed E-state index contributed by atoms with van der Waals surface area (Å²) in [5.41, 5.74) is 6.09. The van der Waals surface area contributed by atoms with E-state index in [2.05, 4.69) is 0 Å². The van der Waals surface area contributed by atoms with Gasteiger partial charge in [-0.25, -0.2) is 0 Å². The molecule has 0 aliphatic carbocycles. The summed E-state index contributed by atoms with van der Waals surface area (Å²) >= 11 is 11.7. The number of hydrogen-bond acceptors (Lipinski definition) is 4. The van der Waals surface area contributed by atoms with Crippen LogP contribution in [0.15, 0.2) is 12.1 Å². The molecule has 1 heterocycles. The lowest BCUT2D eigenvalue weighted by Crippen LogP contribution is -2.43. The van der Waals surface area contributed by atoms with Gasteiger partial charge in [0.15, 0.2) is 6.61 Å². The van der Waals surface area contributed by atoms with Gasteiger partial charge in [0.1, 0.15) is 5.75 Å². The molecule has 2 rings (SSSR count). The van der Waals surface area contributed by atoms with Crippen molar-refractivity contribution in [3.05, 3.63) is 22.2 Å². The molecule has 0 spiro atoms. The maximum Gasteiger partial charge on any atom is 0.260 e. The van der Waals surface area contributed by atoms with Crippen LogP contribution in [0.2, 0.25) is 10.0 Å². The van der Waals surface area contributed by atoms with Gasteiger partial charge in [-0.05, 0) is 6.07 Å². The van der Waals surface area contributed by atoms with Crippen LogP contribution in [0.3, 0.4) is 0 Å². The lowest BCUT2D eigenvalue weighted by molar-refractivity contribution is -0.137. The van der Waals surface area contributed by atoms with E-state index in [0.29, 0.717) is 47.8 Å². The van der Waals surface area contributed by atoms with Crippen LogP contribution in [-0.2, 0) is 9.53 Å². The van der Waals surface area contributed by atoms with Crippen molar-refractivity contribution in [2.24, 2.45) is 0 Å². The van der Waals surface area contributed by atoms with Crippen molar-refractivity contribution in [1.82, 2.24) is 4.90 Å². The zero-order valence-electron chi connectivity index (χ0n) is 10.2. The molecular formula is C12H14Cl2N2O3. The van der Waals surface area contributed by atoms with Gasteiger partial charge in [-0.2, -0.15) is 0 Å². The molecule has 0 saturated carbocycles. The molecule has 7 heteroatoms. The Kier molecular flexibility index (Phi) is 4.74. The molecule has 0 radical (unpaired) electrons. The van der Waals surface area contributed by atoms with Gasteiger partial charge in [0, 0.05) is 19.2 Å². The van der Waals surface area contributed by atoms with Crippen LogP contribution in [-0.4, -0.2) is 43.7 Å². The number of hydrogen-bond donors (Lipinski definition) is 1. The summed E-state index contributed by atoms with van der Waals surface area (Å²) in [5.74, 6) is 0.254. The first-order valence-electron chi connectivity index (χ1n) is 5.81. The van der Waals surface area contributed by atoms with Gasteiger partial charge in [0.05, 0.1) is 28.9 Å². The molecule has 19 heavy (non-hydrogen) atoms. The summed E-state index contributed by atoms with van der Waals surface area (Å²) in [6.07, 6.45) is 0. The topological polar surface area (TPSA) is 64.8 Å². The fraction of sp³-hybridized carbons (Fsp3) is 0.417. The van der Waals surface area contributed by atoms with E-state index >= 15 is 0 Å². The second-order valence-corrected chi connectivity index (χ2v) is 4.90. The molecule has 1 aromatic carbocycles. The Hall–Kier alpha value is -1.17. The summed E-state index contributed by atoms with van der Waals surface area (Å²) in [5, 5.41) is 0.690. The molecule has 1 aliphatic heterocycles. The second-order valence-electron chi connectivity index (χ2n) is 4.09. The number of amides is 1. The van der Waals surface area contributed by atoms with Gasteiger partial charge in [-0.1, -0.05) is 23.2 Å². The Labute approximate surface area is 121 Å². The van der Waals surface area contributed by atoms with Crippen molar-refractivity contribution in [2.45, 2.75) is 0 Å². The minimum absolute atomic E-state index is 0.0812. The van der Waals surface area contributed by atoms with Crippen molar-refractivity contribution in [3.8, 4) is 5.75 Å². The molecule has 1 fully saturated rings. The zero-order chi connectivity index (χ0) is 13.8. The Balaban J connectivity index is 1.94. The quantitative estimate of drug-likeness (QED) is 0.865. The Morgan fingerprint density at radius 1 is 1.32 bits per heavy atom. The highest BCUT2D eigenvalue weighted by Gasteiger charge is 2.17. The highest BCUT2D eigenvalue weighted by Crippen LogP contribution is 2.32. The van der Waals surface area contributed by atoms with Gasteiger partial charge in [0.25, 0.3) is 5.91 Å². The summed E-state index contributed by atoms with van der Waals surface area (Å²) in [7, 11) is 0. The summed E-state index contributed by atoms with van der Waals surface area (Å²) in [6.45, 7) is 2.20. The molecule has 1 amide bonds. The fourth-order valence-electron chi connectivity index (χ4n) is 1.71. The van der Waals surface area contributed by atoms with Crippen LogP contribution in [0.1, 0.15) is 0 Å². The van der Waals surface area contributed by atoms with Gasteiger partial charge in [0.2, 0.25) is 0 Å². The SMILES string of the molecule is Nc1cc(Cl)c(Cl)cc1OCC(=O)N1CCOCC1. The largest absolute Gasteiger partial charge is 0.482 e. The van der Waals surface area contributed by atoms with Crippen LogP contribution in [0.5, 0.6) is 5.75 Å². The molecule has 0 unspecified atom stereocenters. The lowest BCUT2D eigenvalue weighted by atomic mass is 10.3. The minimum Gasteiger partial charge on any atom is -0.482 e. The lowest BCUT2D eigenvalue weighted by Gasteiger charge is -2.26. The predicted molar refractivity (Wildman–Crippen MR) is 73.8 cm³/mol. The molecular weight excluding hydrogens is 291 g/mol. The third-order valence-electron chi connectivity index (χ3n) is 2.77. The Morgan fingerprint density at radius 3 is 2.63 bits per heavy atom. The van der Waals surface area contributed by atoms with Gasteiger partial charge < -0.3 is 20.1 Å². The van der Waals surface area contributed by atoms with E-state index in [1.807, 2.05) is 0 Å². The highest BCUT2D eigenvalue weighted by molar-refractivity contribution is 6.42. The normalized spacial score (nSPS) is 15.4. The molecule has 0 aromatic heterocycles. The third kappa shape index (κ3) is 3.65. The monoisotopic (exact) mass is 304 g/mol. The van der Waals surface area contributed by atoms with E-state index < -0.39 is 0 Å². The van der Waals surface area contributed by atoms with Gasteiger partial charge >= 0.3 is 0 Å². The van der Waals surface area contributed by atoms with E-state index in [-0.39, 0.29) is 12.5 Å². The van der Waals surface area contributed by atoms with Crippen LogP contribution < -0.4 is 10.5 Å². The summed E-state index contributed by atoms with van der Waals surface area (Å²) in [6, 6.07) is 3.00. The number of ether oxygens (including phenoxy) is 2. The molecule has 5 nitrogen and oxygen atoms in total. The van der Waals surface area contributed by atoms with Crippen LogP contribution in [0.4, 0.5) is 5.69 Å². The van der Waals surface area contributed by atoms with Crippen LogP contribution in [0, 0.1) is 0 Å². The van der Waals surface area contributed by atoms with Crippen molar-refractivity contribution in [2.75, 3.05) is 38.6 Å². The van der Waals surface area contributed by atoms with Gasteiger partial charge in [-0.3, -0.25) is 4.79 Å². The average molecular weight is 305 g/mol. The summed E-state index contributed by atoms with van der Waals surface area (Å²) in [4.78, 5) is 13.6. The van der Waals surface area contributed by atoms with E-state index in [0.717, 1.165) is 0 Å². The van der Waals surface area contributed by atoms with Crippen molar-refractivity contribution in [1.29, 1.82) is 0 Å². The second kappa shape index (κ2) is 6.32. The van der Waals surface area contributed by atoms with Crippen molar-refractivity contribution in [3.63, 3.8) is 0 Å². The number of carbonyl (C=O) groups excluding carboxylic acids is 1. The summed E-state index contributed by atoms with van der Waals surface area (Å²) < 4.78 is 10.6. The Bertz CT molecular complexity index is 476. The molecule has 2 N–H and O–H groups in total. The third-order valence-corrected chi connectivity index (χ3v) is 3.49. The maximum atomic E-state index is 11.9. The van der Waals surface area contributed by atoms with E-state index in [9.17, 15) is 4.79 Å². The number of halogens is 2. The molecule has 1 saturated heterocycles. The molecule has 0 bridgehead atoms. The molecule has 1 aliphatic rings. The first kappa shape index (κ1) is 14.2. The first-order chi connectivity index (χ1) is 9.08. The predicted octanol–water partition coefficient (Wildman–Crippen LogP) is 1.81. The van der Waals surface area contributed by atoms with E-state index in [4.69, 9.17) is 38.4 Å². The number of benzene rings is 1. The molecule has 104 valence electrons. The standard InChI is InChI=1S/C12H14Cl2N2O3/c13-8-5-10(15)11(6-9(8)14)19-7-12(17)16-1-3-18-4-2-16/h5-6H,1-4,7,15H2. The minimum atomic E-state index is -0.103. The number of nitrogens with two attached hydrogens (primary N) is 1. The molecule has 0 atom stereocenters. The van der Waals surface area contributed by atoms with Crippen LogP contribution >= 0.6 is 23.2 Å². The number of nitrogen functional groups attached to an aromatic ring is 1.